The Balaban J connectivity index is 1.39. The highest BCUT2D eigenvalue weighted by Gasteiger charge is 2.12. The maximum Gasteiger partial charge on any atom is 0.258 e. The zero-order chi connectivity index (χ0) is 20.2. The van der Waals surface area contributed by atoms with Gasteiger partial charge in [-0.15, -0.1) is 0 Å². The van der Waals surface area contributed by atoms with E-state index in [1.165, 1.54) is 30.9 Å². The summed E-state index contributed by atoms with van der Waals surface area (Å²) in [5, 5.41) is 6.11. The molecule has 1 amide bonds. The maximum atomic E-state index is 12.5. The van der Waals surface area contributed by atoms with Crippen LogP contribution in [0.15, 0.2) is 54.9 Å². The molecule has 148 valence electrons. The van der Waals surface area contributed by atoms with E-state index >= 15 is 0 Å². The quantitative estimate of drug-likeness (QED) is 0.665. The van der Waals surface area contributed by atoms with Gasteiger partial charge in [0.05, 0.1) is 5.56 Å². The van der Waals surface area contributed by atoms with E-state index < -0.39 is 0 Å². The van der Waals surface area contributed by atoms with E-state index in [1.807, 2.05) is 44.2 Å². The van der Waals surface area contributed by atoms with E-state index in [9.17, 15) is 4.79 Å². The van der Waals surface area contributed by atoms with Gasteiger partial charge in [-0.3, -0.25) is 4.79 Å². The zero-order valence-corrected chi connectivity index (χ0v) is 16.8. The molecule has 4 rings (SSSR count). The average Bonchev–Trinajstić information content (AvgIpc) is 3.27. The summed E-state index contributed by atoms with van der Waals surface area (Å²) in [5.41, 5.74) is 5.57. The molecule has 1 saturated heterocycles. The Morgan fingerprint density at radius 2 is 1.66 bits per heavy atom. The number of carbonyl (C=O) groups excluding carboxylic acids is 1. The van der Waals surface area contributed by atoms with Crippen molar-refractivity contribution in [3.63, 3.8) is 0 Å². The van der Waals surface area contributed by atoms with Crippen molar-refractivity contribution in [2.75, 3.05) is 28.6 Å². The van der Waals surface area contributed by atoms with Crippen molar-refractivity contribution in [3.05, 3.63) is 71.5 Å². The summed E-state index contributed by atoms with van der Waals surface area (Å²) in [6.45, 7) is 6.26. The van der Waals surface area contributed by atoms with Gasteiger partial charge in [0.2, 0.25) is 5.95 Å². The largest absolute Gasteiger partial charge is 0.372 e. The van der Waals surface area contributed by atoms with E-state index in [1.54, 1.807) is 0 Å². The van der Waals surface area contributed by atoms with Gasteiger partial charge in [0, 0.05) is 42.5 Å². The second-order valence-corrected chi connectivity index (χ2v) is 7.36. The van der Waals surface area contributed by atoms with Gasteiger partial charge in [-0.1, -0.05) is 12.1 Å². The van der Waals surface area contributed by atoms with Crippen LogP contribution in [-0.2, 0) is 0 Å². The van der Waals surface area contributed by atoms with Crippen LogP contribution in [0.4, 0.5) is 23.0 Å². The maximum absolute atomic E-state index is 12.5. The van der Waals surface area contributed by atoms with Crippen LogP contribution in [-0.4, -0.2) is 29.0 Å². The first-order chi connectivity index (χ1) is 14.1. The number of nitrogens with zero attached hydrogens (tertiary/aromatic N) is 3. The number of aryl methyl sites for hydroxylation is 1. The fourth-order valence-corrected chi connectivity index (χ4v) is 3.45. The normalized spacial score (nSPS) is 13.4. The summed E-state index contributed by atoms with van der Waals surface area (Å²) < 4.78 is 0. The molecule has 0 saturated carbocycles. The lowest BCUT2D eigenvalue weighted by molar-refractivity contribution is 0.102. The Morgan fingerprint density at radius 1 is 0.966 bits per heavy atom. The molecule has 3 aromatic rings. The van der Waals surface area contributed by atoms with Crippen LogP contribution in [0, 0.1) is 13.8 Å². The molecule has 1 aromatic heterocycles. The first kappa shape index (κ1) is 18.9. The molecule has 0 radical (unpaired) electrons. The Labute approximate surface area is 171 Å². The lowest BCUT2D eigenvalue weighted by Gasteiger charge is -2.17. The number of rotatable bonds is 5. The molecule has 2 heterocycles. The molecule has 2 aromatic carbocycles. The van der Waals surface area contributed by atoms with Gasteiger partial charge < -0.3 is 15.5 Å². The second-order valence-electron chi connectivity index (χ2n) is 7.36. The van der Waals surface area contributed by atoms with Gasteiger partial charge in [0.25, 0.3) is 5.91 Å². The zero-order valence-electron chi connectivity index (χ0n) is 16.8. The number of hydrogen-bond donors (Lipinski definition) is 2. The Morgan fingerprint density at radius 3 is 2.34 bits per heavy atom. The van der Waals surface area contributed by atoms with Gasteiger partial charge in [0.1, 0.15) is 0 Å². The van der Waals surface area contributed by atoms with E-state index in [2.05, 4.69) is 37.6 Å². The Kier molecular flexibility index (Phi) is 5.42. The number of hydrogen-bond acceptors (Lipinski definition) is 5. The number of nitrogens with one attached hydrogen (secondary N) is 2. The van der Waals surface area contributed by atoms with Gasteiger partial charge in [-0.25, -0.2) is 9.97 Å². The van der Waals surface area contributed by atoms with Crippen LogP contribution in [0.1, 0.15) is 34.3 Å². The van der Waals surface area contributed by atoms with Crippen molar-refractivity contribution in [2.45, 2.75) is 26.7 Å². The van der Waals surface area contributed by atoms with Crippen LogP contribution < -0.4 is 15.5 Å². The third kappa shape index (κ3) is 4.37. The van der Waals surface area contributed by atoms with E-state index in [-0.39, 0.29) is 5.91 Å². The summed E-state index contributed by atoms with van der Waals surface area (Å²) >= 11 is 0. The molecule has 6 heteroatoms. The highest BCUT2D eigenvalue weighted by molar-refractivity contribution is 6.04. The van der Waals surface area contributed by atoms with Crippen molar-refractivity contribution in [2.24, 2.45) is 0 Å². The summed E-state index contributed by atoms with van der Waals surface area (Å²) in [7, 11) is 0. The Hall–Kier alpha value is -3.41. The molecule has 0 unspecified atom stereocenters. The molecule has 0 atom stereocenters. The third-order valence-electron chi connectivity index (χ3n) is 5.36. The van der Waals surface area contributed by atoms with Crippen molar-refractivity contribution in [1.29, 1.82) is 0 Å². The lowest BCUT2D eigenvalue weighted by atomic mass is 10.1. The van der Waals surface area contributed by atoms with Gasteiger partial charge in [-0.2, -0.15) is 0 Å². The minimum Gasteiger partial charge on any atom is -0.372 e. The van der Waals surface area contributed by atoms with Crippen LogP contribution in [0.3, 0.4) is 0 Å². The predicted molar refractivity (Wildman–Crippen MR) is 117 cm³/mol. The van der Waals surface area contributed by atoms with E-state index in [0.29, 0.717) is 11.5 Å². The standard InChI is InChI=1S/C23H25N5O/c1-16-6-5-7-21(17(16)2)27-22(29)18-14-24-23(25-15-18)26-19-8-10-20(11-9-19)28-12-3-4-13-28/h5-11,14-15H,3-4,12-13H2,1-2H3,(H,27,29)(H,24,25,26). The molecule has 1 fully saturated rings. The number of carbonyl (C=O) groups is 1. The third-order valence-corrected chi connectivity index (χ3v) is 5.36. The molecule has 6 nitrogen and oxygen atoms in total. The second kappa shape index (κ2) is 8.31. The molecule has 0 bridgehead atoms. The number of amides is 1. The van der Waals surface area contributed by atoms with Crippen LogP contribution >= 0.6 is 0 Å². The molecular formula is C23H25N5O. The number of anilines is 4. The molecule has 0 aliphatic carbocycles. The van der Waals surface area contributed by atoms with Crippen molar-refractivity contribution in [3.8, 4) is 0 Å². The SMILES string of the molecule is Cc1cccc(NC(=O)c2cnc(Nc3ccc(N4CCCC4)cc3)nc2)c1C. The lowest BCUT2D eigenvalue weighted by Crippen LogP contribution is -2.17. The molecule has 1 aliphatic rings. The first-order valence-electron chi connectivity index (χ1n) is 9.92. The molecule has 29 heavy (non-hydrogen) atoms. The van der Waals surface area contributed by atoms with Crippen LogP contribution in [0.25, 0.3) is 0 Å². The summed E-state index contributed by atoms with van der Waals surface area (Å²) in [4.78, 5) is 23.5. The molecule has 0 spiro atoms. The minimum absolute atomic E-state index is 0.222. The van der Waals surface area contributed by atoms with Crippen LogP contribution in [0.5, 0.6) is 0 Å². The van der Waals surface area contributed by atoms with Gasteiger partial charge >= 0.3 is 0 Å². The van der Waals surface area contributed by atoms with Gasteiger partial charge in [-0.05, 0) is 68.1 Å². The molecule has 1 aliphatic heterocycles. The van der Waals surface area contributed by atoms with Gasteiger partial charge in [0.15, 0.2) is 0 Å². The first-order valence-corrected chi connectivity index (χ1v) is 9.92. The van der Waals surface area contributed by atoms with E-state index in [4.69, 9.17) is 0 Å². The monoisotopic (exact) mass is 387 g/mol. The minimum atomic E-state index is -0.222. The molecular weight excluding hydrogens is 362 g/mol. The number of aromatic nitrogens is 2. The summed E-state index contributed by atoms with van der Waals surface area (Å²) in [5.74, 6) is 0.238. The highest BCUT2D eigenvalue weighted by Crippen LogP contribution is 2.23. The fraction of sp³-hybridized carbons (Fsp3) is 0.261. The van der Waals surface area contributed by atoms with Crippen molar-refractivity contribution in [1.82, 2.24) is 9.97 Å². The smallest absolute Gasteiger partial charge is 0.258 e. The average molecular weight is 387 g/mol. The predicted octanol–water partition coefficient (Wildman–Crippen LogP) is 4.69. The fourth-order valence-electron chi connectivity index (χ4n) is 3.45. The topological polar surface area (TPSA) is 70.2 Å². The van der Waals surface area contributed by atoms with E-state index in [0.717, 1.165) is 35.6 Å². The highest BCUT2D eigenvalue weighted by atomic mass is 16.1. The van der Waals surface area contributed by atoms with Crippen molar-refractivity contribution < 1.29 is 4.79 Å². The summed E-state index contributed by atoms with van der Waals surface area (Å²) in [6.07, 6.45) is 5.59. The Bertz CT molecular complexity index is 993. The molecule has 2 N–H and O–H groups in total. The van der Waals surface area contributed by atoms with Crippen LogP contribution in [0.2, 0.25) is 0 Å². The van der Waals surface area contributed by atoms with Crippen molar-refractivity contribution >= 4 is 28.9 Å². The summed E-state index contributed by atoms with van der Waals surface area (Å²) in [6, 6.07) is 14.1. The number of benzene rings is 2.